The number of anilines is 1. The van der Waals surface area contributed by atoms with Crippen molar-refractivity contribution in [3.05, 3.63) is 29.8 Å². The first-order valence-corrected chi connectivity index (χ1v) is 8.74. The Morgan fingerprint density at radius 3 is 2.67 bits per heavy atom. The van der Waals surface area contributed by atoms with Crippen molar-refractivity contribution in [2.24, 2.45) is 0 Å². The molecule has 132 valence electrons. The molecular weight excluding hydrogens is 324 g/mol. The van der Waals surface area contributed by atoms with Gasteiger partial charge in [0.05, 0.1) is 13.0 Å². The maximum Gasteiger partial charge on any atom is 0.244 e. The van der Waals surface area contributed by atoms with E-state index in [-0.39, 0.29) is 18.1 Å². The molecule has 1 amide bonds. The fourth-order valence-electron chi connectivity index (χ4n) is 2.96. The molecule has 24 heavy (non-hydrogen) atoms. The molecule has 1 saturated heterocycles. The summed E-state index contributed by atoms with van der Waals surface area (Å²) < 4.78 is 5.71. The molecule has 1 heterocycles. The van der Waals surface area contributed by atoms with Crippen LogP contribution in [0.2, 0.25) is 0 Å². The highest BCUT2D eigenvalue weighted by Crippen LogP contribution is 2.08. The smallest absolute Gasteiger partial charge is 0.244 e. The van der Waals surface area contributed by atoms with Crippen molar-refractivity contribution in [2.45, 2.75) is 39.4 Å². The molecule has 0 aromatic heterocycles. The van der Waals surface area contributed by atoms with Gasteiger partial charge in [-0.15, -0.1) is 0 Å². The lowest BCUT2D eigenvalue weighted by molar-refractivity contribution is -0.914. The largest absolute Gasteiger partial charge is 0.364 e. The third kappa shape index (κ3) is 6.43. The fraction of sp³-hybridized carbons (Fsp3) is 0.529. The van der Waals surface area contributed by atoms with Crippen LogP contribution in [0, 0.1) is 6.92 Å². The van der Waals surface area contributed by atoms with E-state index in [9.17, 15) is 4.79 Å². The van der Waals surface area contributed by atoms with Crippen LogP contribution >= 0.6 is 12.2 Å². The van der Waals surface area contributed by atoms with Gasteiger partial charge in [-0.05, 0) is 50.7 Å². The Balaban J connectivity index is 1.66. The van der Waals surface area contributed by atoms with Gasteiger partial charge in [-0.25, -0.2) is 0 Å². The summed E-state index contributed by atoms with van der Waals surface area (Å²) in [5.41, 5.74) is 7.42. The van der Waals surface area contributed by atoms with E-state index < -0.39 is 0 Å². The summed E-state index contributed by atoms with van der Waals surface area (Å²) in [5, 5.41) is 3.41. The standard InChI is InChI=1S/C17H26N4O2S/c1-12-5-4-6-15(9-12)18-17(24)20-19-16(22)7-8-21-10-13(2)23-14(3)11-21/h4-6,9,13-14H,7-8,10-11H2,1-3H3,(H,19,22)(H2,18,20,24)/p+1/t13-,14+. The lowest BCUT2D eigenvalue weighted by Crippen LogP contribution is -3.15. The number of hydrogen-bond acceptors (Lipinski definition) is 3. The van der Waals surface area contributed by atoms with Gasteiger partial charge in [-0.3, -0.25) is 15.6 Å². The first-order valence-electron chi connectivity index (χ1n) is 8.34. The SMILES string of the molecule is Cc1cccc(NC(=S)NNC(=O)CC[NH+]2C[C@@H](C)O[C@@H](C)C2)c1. The van der Waals surface area contributed by atoms with Crippen LogP contribution in [-0.4, -0.2) is 42.9 Å². The number of quaternary nitrogens is 1. The molecule has 3 atom stereocenters. The predicted octanol–water partition coefficient (Wildman–Crippen LogP) is 0.395. The number of carbonyl (C=O) groups is 1. The maximum absolute atomic E-state index is 12.0. The van der Waals surface area contributed by atoms with Crippen molar-refractivity contribution in [1.29, 1.82) is 0 Å². The van der Waals surface area contributed by atoms with Crippen molar-refractivity contribution < 1.29 is 14.4 Å². The van der Waals surface area contributed by atoms with Crippen LogP contribution in [0.1, 0.15) is 25.8 Å². The molecule has 0 spiro atoms. The third-order valence-corrected chi connectivity index (χ3v) is 4.12. The Bertz CT molecular complexity index is 571. The summed E-state index contributed by atoms with van der Waals surface area (Å²) in [6.07, 6.45) is 0.946. The van der Waals surface area contributed by atoms with E-state index in [1.807, 2.05) is 31.2 Å². The third-order valence-electron chi connectivity index (χ3n) is 3.91. The van der Waals surface area contributed by atoms with E-state index in [2.05, 4.69) is 30.0 Å². The summed E-state index contributed by atoms with van der Waals surface area (Å²) in [6, 6.07) is 7.87. The summed E-state index contributed by atoms with van der Waals surface area (Å²) in [4.78, 5) is 13.4. The Morgan fingerprint density at radius 2 is 2.00 bits per heavy atom. The van der Waals surface area contributed by atoms with Crippen molar-refractivity contribution in [3.8, 4) is 0 Å². The molecule has 2 rings (SSSR count). The van der Waals surface area contributed by atoms with E-state index in [1.54, 1.807) is 0 Å². The molecule has 1 unspecified atom stereocenters. The average molecular weight is 351 g/mol. The van der Waals surface area contributed by atoms with Crippen molar-refractivity contribution in [3.63, 3.8) is 0 Å². The molecule has 0 radical (unpaired) electrons. The van der Waals surface area contributed by atoms with Gasteiger partial charge in [0.2, 0.25) is 5.91 Å². The highest BCUT2D eigenvalue weighted by atomic mass is 32.1. The molecule has 1 aliphatic rings. The summed E-state index contributed by atoms with van der Waals surface area (Å²) in [5.74, 6) is -0.0670. The molecule has 0 aliphatic carbocycles. The Hall–Kier alpha value is -1.70. The molecular formula is C17H27N4O2S+. The van der Waals surface area contributed by atoms with Crippen molar-refractivity contribution in [2.75, 3.05) is 25.0 Å². The molecule has 1 aromatic rings. The second kappa shape index (κ2) is 8.96. The lowest BCUT2D eigenvalue weighted by atomic mass is 10.2. The van der Waals surface area contributed by atoms with Gasteiger partial charge in [0.25, 0.3) is 0 Å². The number of hydrogen-bond donors (Lipinski definition) is 4. The number of aryl methyl sites for hydroxylation is 1. The minimum Gasteiger partial charge on any atom is -0.364 e. The van der Waals surface area contributed by atoms with Crippen LogP contribution in [0.15, 0.2) is 24.3 Å². The van der Waals surface area contributed by atoms with Crippen molar-refractivity contribution in [1.82, 2.24) is 10.9 Å². The number of carbonyl (C=O) groups excluding carboxylic acids is 1. The molecule has 1 aliphatic heterocycles. The van der Waals surface area contributed by atoms with E-state index in [1.165, 1.54) is 4.90 Å². The van der Waals surface area contributed by atoms with Crippen LogP contribution in [-0.2, 0) is 9.53 Å². The Morgan fingerprint density at radius 1 is 1.29 bits per heavy atom. The van der Waals surface area contributed by atoms with Crippen LogP contribution in [0.4, 0.5) is 5.69 Å². The van der Waals surface area contributed by atoms with Crippen molar-refractivity contribution >= 4 is 28.9 Å². The highest BCUT2D eigenvalue weighted by molar-refractivity contribution is 7.80. The predicted molar refractivity (Wildman–Crippen MR) is 98.9 cm³/mol. The van der Waals surface area contributed by atoms with Crippen LogP contribution < -0.4 is 21.1 Å². The average Bonchev–Trinajstić information content (AvgIpc) is 2.50. The summed E-state index contributed by atoms with van der Waals surface area (Å²) in [7, 11) is 0. The van der Waals surface area contributed by atoms with Gasteiger partial charge in [-0.2, -0.15) is 0 Å². The number of benzene rings is 1. The number of amides is 1. The lowest BCUT2D eigenvalue weighted by Gasteiger charge is -2.32. The zero-order chi connectivity index (χ0) is 17.5. The van der Waals surface area contributed by atoms with Crippen LogP contribution in [0.3, 0.4) is 0 Å². The topological polar surface area (TPSA) is 66.8 Å². The molecule has 4 N–H and O–H groups in total. The van der Waals surface area contributed by atoms with E-state index in [0.29, 0.717) is 11.5 Å². The molecule has 6 nitrogen and oxygen atoms in total. The number of ether oxygens (including phenoxy) is 1. The molecule has 0 bridgehead atoms. The number of nitrogens with one attached hydrogen (secondary N) is 4. The Labute approximate surface area is 148 Å². The maximum atomic E-state index is 12.0. The van der Waals surface area contributed by atoms with Gasteiger partial charge in [0.1, 0.15) is 25.3 Å². The quantitative estimate of drug-likeness (QED) is 0.467. The number of thiocarbonyl (C=S) groups is 1. The Kier molecular flexibility index (Phi) is 6.96. The zero-order valence-corrected chi connectivity index (χ0v) is 15.3. The van der Waals surface area contributed by atoms with Gasteiger partial charge >= 0.3 is 0 Å². The molecule has 7 heteroatoms. The second-order valence-corrected chi connectivity index (χ2v) is 6.82. The fourth-order valence-corrected chi connectivity index (χ4v) is 3.13. The first kappa shape index (κ1) is 18.6. The van der Waals surface area contributed by atoms with Crippen LogP contribution in [0.5, 0.6) is 0 Å². The molecule has 0 saturated carbocycles. The van der Waals surface area contributed by atoms with Gasteiger partial charge in [0, 0.05) is 5.69 Å². The second-order valence-electron chi connectivity index (χ2n) is 6.41. The van der Waals surface area contributed by atoms with E-state index >= 15 is 0 Å². The molecule has 1 fully saturated rings. The number of rotatable bonds is 4. The van der Waals surface area contributed by atoms with Gasteiger partial charge < -0.3 is 15.0 Å². The number of hydrazine groups is 1. The van der Waals surface area contributed by atoms with E-state index in [0.717, 1.165) is 30.9 Å². The van der Waals surface area contributed by atoms with Gasteiger partial charge in [-0.1, -0.05) is 12.1 Å². The van der Waals surface area contributed by atoms with Crippen LogP contribution in [0.25, 0.3) is 0 Å². The minimum atomic E-state index is -0.0670. The normalized spacial score (nSPS) is 23.4. The van der Waals surface area contributed by atoms with Gasteiger partial charge in [0.15, 0.2) is 5.11 Å². The summed E-state index contributed by atoms with van der Waals surface area (Å²) in [6.45, 7) is 8.85. The van der Waals surface area contributed by atoms with E-state index in [4.69, 9.17) is 17.0 Å². The molecule has 1 aromatic carbocycles. The monoisotopic (exact) mass is 351 g/mol. The minimum absolute atomic E-state index is 0.0670. The first-order chi connectivity index (χ1) is 11.4. The zero-order valence-electron chi connectivity index (χ0n) is 14.5. The number of morpholine rings is 1. The summed E-state index contributed by atoms with van der Waals surface area (Å²) >= 11 is 5.18. The highest BCUT2D eigenvalue weighted by Gasteiger charge is 2.25.